The highest BCUT2D eigenvalue weighted by Crippen LogP contribution is 2.39. The van der Waals surface area contributed by atoms with Crippen LogP contribution in [0.5, 0.6) is 0 Å². The van der Waals surface area contributed by atoms with Crippen LogP contribution < -0.4 is 5.32 Å². The Morgan fingerprint density at radius 1 is 1.40 bits per heavy atom. The third-order valence-electron chi connectivity index (χ3n) is 4.97. The Kier molecular flexibility index (Phi) is 4.71. The molecule has 0 radical (unpaired) electrons. The van der Waals surface area contributed by atoms with Crippen LogP contribution in [-0.2, 0) is 11.2 Å². The number of thiazole rings is 1. The average Bonchev–Trinajstić information content (AvgIpc) is 3.18. The summed E-state index contributed by atoms with van der Waals surface area (Å²) in [6, 6.07) is 0.495. The van der Waals surface area contributed by atoms with E-state index < -0.39 is 0 Å². The first-order chi connectivity index (χ1) is 9.85. The number of morpholine rings is 1. The smallest absolute Gasteiger partial charge is 0.0941 e. The number of rotatable bonds is 5. The summed E-state index contributed by atoms with van der Waals surface area (Å²) in [5, 5.41) is 6.94. The summed E-state index contributed by atoms with van der Waals surface area (Å²) in [7, 11) is 2.11. The van der Waals surface area contributed by atoms with Crippen LogP contribution in [0.15, 0.2) is 11.6 Å². The Morgan fingerprint density at radius 2 is 2.15 bits per heavy atom. The van der Waals surface area contributed by atoms with Gasteiger partial charge in [-0.25, -0.2) is 4.98 Å². The SMILES string of the molecule is CNC(Cc1nccs1)C1(N2CCOCC2)CCCC1. The van der Waals surface area contributed by atoms with E-state index in [-0.39, 0.29) is 0 Å². The van der Waals surface area contributed by atoms with Crippen molar-refractivity contribution >= 4 is 11.3 Å². The van der Waals surface area contributed by atoms with E-state index in [0.717, 1.165) is 32.7 Å². The molecule has 2 aliphatic rings. The standard InChI is InChI=1S/C15H25N3OS/c1-16-13(12-14-17-6-11-20-14)15(4-2-3-5-15)18-7-9-19-10-8-18/h6,11,13,16H,2-5,7-10,12H2,1H3. The molecule has 1 atom stereocenters. The van der Waals surface area contributed by atoms with Gasteiger partial charge in [0.1, 0.15) is 0 Å². The molecule has 1 saturated heterocycles. The van der Waals surface area contributed by atoms with Gasteiger partial charge in [0.15, 0.2) is 0 Å². The second-order valence-corrected chi connectivity index (χ2v) is 6.86. The maximum Gasteiger partial charge on any atom is 0.0941 e. The van der Waals surface area contributed by atoms with Gasteiger partial charge in [-0.2, -0.15) is 0 Å². The van der Waals surface area contributed by atoms with Gasteiger partial charge in [0, 0.05) is 42.7 Å². The van der Waals surface area contributed by atoms with Crippen LogP contribution in [0.3, 0.4) is 0 Å². The molecule has 1 saturated carbocycles. The molecule has 1 aliphatic heterocycles. The molecule has 1 N–H and O–H groups in total. The van der Waals surface area contributed by atoms with Crippen molar-refractivity contribution in [2.75, 3.05) is 33.4 Å². The summed E-state index contributed by atoms with van der Waals surface area (Å²) in [6.45, 7) is 3.93. The van der Waals surface area contributed by atoms with E-state index in [1.54, 1.807) is 11.3 Å². The van der Waals surface area contributed by atoms with Gasteiger partial charge in [-0.3, -0.25) is 4.90 Å². The Balaban J connectivity index is 1.79. The zero-order chi connectivity index (χ0) is 13.8. The van der Waals surface area contributed by atoms with Gasteiger partial charge < -0.3 is 10.1 Å². The minimum absolute atomic E-state index is 0.310. The number of ether oxygens (including phenoxy) is 1. The summed E-state index contributed by atoms with van der Waals surface area (Å²) in [6.07, 6.45) is 8.29. The van der Waals surface area contributed by atoms with Crippen molar-refractivity contribution in [3.63, 3.8) is 0 Å². The molecule has 1 aromatic heterocycles. The number of nitrogens with zero attached hydrogens (tertiary/aromatic N) is 2. The highest BCUT2D eigenvalue weighted by molar-refractivity contribution is 7.09. The van der Waals surface area contributed by atoms with Gasteiger partial charge in [-0.1, -0.05) is 12.8 Å². The first kappa shape index (κ1) is 14.4. The third kappa shape index (κ3) is 2.77. The lowest BCUT2D eigenvalue weighted by Gasteiger charge is -2.48. The molecule has 112 valence electrons. The molecule has 1 unspecified atom stereocenters. The number of likely N-dealkylation sites (N-methyl/N-ethyl adjacent to an activating group) is 1. The molecule has 1 aliphatic carbocycles. The van der Waals surface area contributed by atoms with Gasteiger partial charge in [-0.05, 0) is 19.9 Å². The van der Waals surface area contributed by atoms with Crippen molar-refractivity contribution in [2.45, 2.75) is 43.7 Å². The van der Waals surface area contributed by atoms with E-state index in [0.29, 0.717) is 11.6 Å². The third-order valence-corrected chi connectivity index (χ3v) is 5.77. The van der Waals surface area contributed by atoms with Crippen LogP contribution in [0.4, 0.5) is 0 Å². The summed E-state index contributed by atoms with van der Waals surface area (Å²) >= 11 is 1.78. The van der Waals surface area contributed by atoms with Crippen molar-refractivity contribution in [3.05, 3.63) is 16.6 Å². The molecule has 3 rings (SSSR count). The Morgan fingerprint density at radius 3 is 2.75 bits per heavy atom. The molecule has 0 aromatic carbocycles. The first-order valence-corrected chi connectivity index (χ1v) is 8.61. The van der Waals surface area contributed by atoms with E-state index in [9.17, 15) is 0 Å². The van der Waals surface area contributed by atoms with Gasteiger partial charge in [-0.15, -0.1) is 11.3 Å². The second-order valence-electron chi connectivity index (χ2n) is 5.88. The predicted octanol–water partition coefficient (Wildman–Crippen LogP) is 1.92. The lowest BCUT2D eigenvalue weighted by molar-refractivity contribution is -0.0347. The van der Waals surface area contributed by atoms with Crippen molar-refractivity contribution in [1.82, 2.24) is 15.2 Å². The minimum atomic E-state index is 0.310. The summed E-state index contributed by atoms with van der Waals surface area (Å²) in [4.78, 5) is 7.18. The Labute approximate surface area is 125 Å². The maximum absolute atomic E-state index is 5.55. The number of hydrogen-bond acceptors (Lipinski definition) is 5. The van der Waals surface area contributed by atoms with E-state index in [1.165, 1.54) is 30.7 Å². The minimum Gasteiger partial charge on any atom is -0.379 e. The Bertz CT molecular complexity index is 397. The van der Waals surface area contributed by atoms with E-state index in [1.807, 2.05) is 6.20 Å². The van der Waals surface area contributed by atoms with Crippen molar-refractivity contribution in [2.24, 2.45) is 0 Å². The average molecular weight is 295 g/mol. The van der Waals surface area contributed by atoms with Crippen LogP contribution in [0, 0.1) is 0 Å². The topological polar surface area (TPSA) is 37.4 Å². The molecule has 4 nitrogen and oxygen atoms in total. The van der Waals surface area contributed by atoms with Gasteiger partial charge in [0.05, 0.1) is 18.2 Å². The molecule has 2 heterocycles. The lowest BCUT2D eigenvalue weighted by Crippen LogP contribution is -2.62. The van der Waals surface area contributed by atoms with Crippen LogP contribution in [0.25, 0.3) is 0 Å². The van der Waals surface area contributed by atoms with Gasteiger partial charge >= 0.3 is 0 Å². The highest BCUT2D eigenvalue weighted by atomic mass is 32.1. The molecule has 5 heteroatoms. The van der Waals surface area contributed by atoms with Gasteiger partial charge in [0.2, 0.25) is 0 Å². The monoisotopic (exact) mass is 295 g/mol. The number of aromatic nitrogens is 1. The molecular weight excluding hydrogens is 270 g/mol. The number of nitrogens with one attached hydrogen (secondary N) is 1. The lowest BCUT2D eigenvalue weighted by atomic mass is 9.84. The predicted molar refractivity (Wildman–Crippen MR) is 82.3 cm³/mol. The summed E-state index contributed by atoms with van der Waals surface area (Å²) < 4.78 is 5.55. The highest BCUT2D eigenvalue weighted by Gasteiger charge is 2.45. The zero-order valence-corrected chi connectivity index (χ0v) is 13.1. The van der Waals surface area contributed by atoms with Gasteiger partial charge in [0.25, 0.3) is 0 Å². The first-order valence-electron chi connectivity index (χ1n) is 7.73. The van der Waals surface area contributed by atoms with E-state index in [2.05, 4.69) is 27.6 Å². The molecule has 20 heavy (non-hydrogen) atoms. The van der Waals surface area contributed by atoms with Crippen molar-refractivity contribution in [3.8, 4) is 0 Å². The normalized spacial score (nSPS) is 24.9. The van der Waals surface area contributed by atoms with Crippen molar-refractivity contribution in [1.29, 1.82) is 0 Å². The molecule has 0 spiro atoms. The maximum atomic E-state index is 5.55. The van der Waals surface area contributed by atoms with Crippen LogP contribution in [0.2, 0.25) is 0 Å². The van der Waals surface area contributed by atoms with Crippen LogP contribution in [0.1, 0.15) is 30.7 Å². The largest absolute Gasteiger partial charge is 0.379 e. The quantitative estimate of drug-likeness (QED) is 0.900. The fraction of sp³-hybridized carbons (Fsp3) is 0.800. The molecule has 0 bridgehead atoms. The molecule has 1 aromatic rings. The summed E-state index contributed by atoms with van der Waals surface area (Å²) in [5.41, 5.74) is 0.310. The van der Waals surface area contributed by atoms with E-state index >= 15 is 0 Å². The molecule has 2 fully saturated rings. The molecular formula is C15H25N3OS. The van der Waals surface area contributed by atoms with E-state index in [4.69, 9.17) is 4.74 Å². The Hall–Kier alpha value is -0.490. The summed E-state index contributed by atoms with van der Waals surface area (Å²) in [5.74, 6) is 0. The zero-order valence-electron chi connectivity index (χ0n) is 12.3. The van der Waals surface area contributed by atoms with Crippen LogP contribution >= 0.6 is 11.3 Å². The fourth-order valence-corrected chi connectivity index (χ4v) is 4.63. The van der Waals surface area contributed by atoms with Crippen LogP contribution in [-0.4, -0.2) is 54.8 Å². The fourth-order valence-electron chi connectivity index (χ4n) is 3.97. The molecule has 0 amide bonds. The number of hydrogen-bond donors (Lipinski definition) is 1. The van der Waals surface area contributed by atoms with Crippen molar-refractivity contribution < 1.29 is 4.74 Å². The second kappa shape index (κ2) is 6.52.